The van der Waals surface area contributed by atoms with Gasteiger partial charge >= 0.3 is 0 Å². The van der Waals surface area contributed by atoms with Crippen LogP contribution in [0.15, 0.2) is 35.1 Å². The molecule has 0 aliphatic carbocycles. The predicted molar refractivity (Wildman–Crippen MR) is 105 cm³/mol. The lowest BCUT2D eigenvalue weighted by atomic mass is 9.91. The van der Waals surface area contributed by atoms with Crippen LogP contribution in [0.2, 0.25) is 0 Å². The number of piperidine rings is 1. The standard InChI is InChI=1S/C20H22F2N6O/c21-14-2-4-18-17(7-14)19(26-29-18)28-6-5-27-11-13(1-3-16(27)12-28)8-23-20-24-9-15(22)10-25-20/h2,4,7,9-10,13,16H,1,3,5-6,8,11-12H2,(H,23,24,25)/t13-,16-/m0/s1. The molecule has 2 fully saturated rings. The fourth-order valence-electron chi connectivity index (χ4n) is 4.38. The SMILES string of the molecule is Fc1cnc(NC[C@@H]2CC[C@H]3CN(c4noc5ccc(F)cc45)CCN3C2)nc1. The first kappa shape index (κ1) is 18.2. The maximum Gasteiger partial charge on any atom is 0.222 e. The zero-order chi connectivity index (χ0) is 19.8. The molecule has 2 saturated heterocycles. The van der Waals surface area contributed by atoms with Gasteiger partial charge in [-0.05, 0) is 37.0 Å². The largest absolute Gasteiger partial charge is 0.354 e. The van der Waals surface area contributed by atoms with E-state index in [0.29, 0.717) is 23.5 Å². The number of rotatable bonds is 4. The molecular formula is C20H22F2N6O. The zero-order valence-corrected chi connectivity index (χ0v) is 15.9. The number of benzene rings is 1. The molecule has 5 rings (SSSR count). The summed E-state index contributed by atoms with van der Waals surface area (Å²) in [6.07, 6.45) is 4.52. The first-order valence-electron chi connectivity index (χ1n) is 9.91. The van der Waals surface area contributed by atoms with Crippen molar-refractivity contribution in [3.63, 3.8) is 0 Å². The van der Waals surface area contributed by atoms with Gasteiger partial charge in [0.05, 0.1) is 17.8 Å². The molecule has 1 aromatic carbocycles. The second kappa shape index (κ2) is 7.55. The second-order valence-electron chi connectivity index (χ2n) is 7.79. The van der Waals surface area contributed by atoms with Crippen LogP contribution in [0.25, 0.3) is 11.0 Å². The minimum Gasteiger partial charge on any atom is -0.354 e. The van der Waals surface area contributed by atoms with Crippen molar-refractivity contribution in [1.29, 1.82) is 0 Å². The lowest BCUT2D eigenvalue weighted by molar-refractivity contribution is 0.0994. The minimum absolute atomic E-state index is 0.279. The van der Waals surface area contributed by atoms with E-state index in [4.69, 9.17) is 4.52 Å². The summed E-state index contributed by atoms with van der Waals surface area (Å²) >= 11 is 0. The summed E-state index contributed by atoms with van der Waals surface area (Å²) in [7, 11) is 0. The second-order valence-corrected chi connectivity index (χ2v) is 7.79. The van der Waals surface area contributed by atoms with Gasteiger partial charge in [-0.25, -0.2) is 18.7 Å². The molecule has 1 N–H and O–H groups in total. The molecule has 0 radical (unpaired) electrons. The van der Waals surface area contributed by atoms with Gasteiger partial charge in [0.1, 0.15) is 5.82 Å². The Morgan fingerprint density at radius 2 is 1.93 bits per heavy atom. The average Bonchev–Trinajstić information content (AvgIpc) is 3.16. The van der Waals surface area contributed by atoms with E-state index in [2.05, 4.69) is 30.2 Å². The molecule has 0 unspecified atom stereocenters. The molecule has 0 spiro atoms. The summed E-state index contributed by atoms with van der Waals surface area (Å²) in [5, 5.41) is 8.14. The quantitative estimate of drug-likeness (QED) is 0.722. The smallest absolute Gasteiger partial charge is 0.222 e. The maximum atomic E-state index is 13.7. The Balaban J connectivity index is 1.20. The monoisotopic (exact) mass is 400 g/mol. The molecule has 2 aliphatic heterocycles. The summed E-state index contributed by atoms with van der Waals surface area (Å²) in [6, 6.07) is 4.96. The highest BCUT2D eigenvalue weighted by Gasteiger charge is 2.34. The average molecular weight is 400 g/mol. The highest BCUT2D eigenvalue weighted by atomic mass is 19.1. The molecule has 29 heavy (non-hydrogen) atoms. The van der Waals surface area contributed by atoms with E-state index in [1.165, 1.54) is 24.5 Å². The van der Waals surface area contributed by atoms with Crippen LogP contribution in [-0.4, -0.2) is 58.8 Å². The van der Waals surface area contributed by atoms with Crippen LogP contribution >= 0.6 is 0 Å². The Morgan fingerprint density at radius 1 is 1.07 bits per heavy atom. The van der Waals surface area contributed by atoms with Crippen molar-refractivity contribution in [1.82, 2.24) is 20.0 Å². The van der Waals surface area contributed by atoms with Crippen molar-refractivity contribution in [2.75, 3.05) is 42.9 Å². The first-order valence-corrected chi connectivity index (χ1v) is 9.91. The minimum atomic E-state index is -0.434. The lowest BCUT2D eigenvalue weighted by Gasteiger charge is -2.46. The summed E-state index contributed by atoms with van der Waals surface area (Å²) in [4.78, 5) is 12.6. The van der Waals surface area contributed by atoms with Gasteiger partial charge in [-0.2, -0.15) is 0 Å². The Bertz CT molecular complexity index is 994. The van der Waals surface area contributed by atoms with E-state index in [1.54, 1.807) is 6.07 Å². The van der Waals surface area contributed by atoms with Gasteiger partial charge in [0.25, 0.3) is 0 Å². The fraction of sp³-hybridized carbons (Fsp3) is 0.450. The Kier molecular flexibility index (Phi) is 4.75. The van der Waals surface area contributed by atoms with E-state index in [1.807, 2.05) is 0 Å². The van der Waals surface area contributed by atoms with Crippen molar-refractivity contribution in [2.45, 2.75) is 18.9 Å². The number of nitrogens with zero attached hydrogens (tertiary/aromatic N) is 5. The summed E-state index contributed by atoms with van der Waals surface area (Å²) < 4.78 is 31.9. The molecule has 2 aromatic heterocycles. The number of nitrogens with one attached hydrogen (secondary N) is 1. The molecular weight excluding hydrogens is 378 g/mol. The first-order chi connectivity index (χ1) is 14.2. The van der Waals surface area contributed by atoms with Gasteiger partial charge < -0.3 is 14.7 Å². The fourth-order valence-corrected chi connectivity index (χ4v) is 4.38. The van der Waals surface area contributed by atoms with E-state index in [9.17, 15) is 8.78 Å². The van der Waals surface area contributed by atoms with Crippen molar-refractivity contribution >= 4 is 22.7 Å². The van der Waals surface area contributed by atoms with Gasteiger partial charge in [0, 0.05) is 38.8 Å². The number of aromatic nitrogens is 3. The van der Waals surface area contributed by atoms with Crippen LogP contribution in [0.5, 0.6) is 0 Å². The molecule has 9 heteroatoms. The normalized spacial score (nSPS) is 22.6. The third kappa shape index (κ3) is 3.74. The van der Waals surface area contributed by atoms with Crippen LogP contribution in [-0.2, 0) is 0 Å². The van der Waals surface area contributed by atoms with Crippen LogP contribution < -0.4 is 10.2 Å². The predicted octanol–water partition coefficient (Wildman–Crippen LogP) is 2.91. The van der Waals surface area contributed by atoms with E-state index >= 15 is 0 Å². The summed E-state index contributed by atoms with van der Waals surface area (Å²) in [5.41, 5.74) is 0.613. The third-order valence-corrected chi connectivity index (χ3v) is 5.89. The highest BCUT2D eigenvalue weighted by Crippen LogP contribution is 2.31. The Labute approximate surface area is 166 Å². The van der Waals surface area contributed by atoms with E-state index < -0.39 is 5.82 Å². The number of hydrogen-bond acceptors (Lipinski definition) is 7. The zero-order valence-electron chi connectivity index (χ0n) is 15.9. The van der Waals surface area contributed by atoms with Crippen LogP contribution in [0, 0.1) is 17.6 Å². The van der Waals surface area contributed by atoms with Crippen LogP contribution in [0.1, 0.15) is 12.8 Å². The van der Waals surface area contributed by atoms with Crippen LogP contribution in [0.3, 0.4) is 0 Å². The summed E-state index contributed by atoms with van der Waals surface area (Å²) in [6.45, 7) is 4.39. The summed E-state index contributed by atoms with van der Waals surface area (Å²) in [5.74, 6) is 0.976. The van der Waals surface area contributed by atoms with Gasteiger partial charge in [-0.3, -0.25) is 4.90 Å². The number of hydrogen-bond donors (Lipinski definition) is 1. The molecule has 3 aromatic rings. The van der Waals surface area contributed by atoms with Crippen molar-refractivity contribution < 1.29 is 13.3 Å². The topological polar surface area (TPSA) is 70.3 Å². The molecule has 0 saturated carbocycles. The molecule has 4 heterocycles. The molecule has 2 atom stereocenters. The Hall–Kier alpha value is -2.81. The van der Waals surface area contributed by atoms with Gasteiger partial charge in [0.15, 0.2) is 17.2 Å². The number of fused-ring (bicyclic) bond motifs is 2. The number of piperazine rings is 1. The number of anilines is 2. The van der Waals surface area contributed by atoms with E-state index in [-0.39, 0.29) is 5.82 Å². The molecule has 152 valence electrons. The molecule has 0 bridgehead atoms. The van der Waals surface area contributed by atoms with Crippen LogP contribution in [0.4, 0.5) is 20.5 Å². The molecule has 2 aliphatic rings. The Morgan fingerprint density at radius 3 is 2.79 bits per heavy atom. The van der Waals surface area contributed by atoms with Gasteiger partial charge in [-0.15, -0.1) is 0 Å². The molecule has 7 nitrogen and oxygen atoms in total. The highest BCUT2D eigenvalue weighted by molar-refractivity contribution is 5.88. The van der Waals surface area contributed by atoms with Gasteiger partial charge in [0.2, 0.25) is 5.95 Å². The van der Waals surface area contributed by atoms with Crippen molar-refractivity contribution in [2.24, 2.45) is 5.92 Å². The maximum absolute atomic E-state index is 13.7. The van der Waals surface area contributed by atoms with E-state index in [0.717, 1.165) is 56.8 Å². The van der Waals surface area contributed by atoms with Gasteiger partial charge in [-0.1, -0.05) is 5.16 Å². The van der Waals surface area contributed by atoms with Crippen molar-refractivity contribution in [3.8, 4) is 0 Å². The van der Waals surface area contributed by atoms with Crippen molar-refractivity contribution in [3.05, 3.63) is 42.2 Å². The third-order valence-electron chi connectivity index (χ3n) is 5.89. The lowest BCUT2D eigenvalue weighted by Crippen LogP contribution is -2.57. The number of halogens is 2. The molecule has 0 amide bonds.